The summed E-state index contributed by atoms with van der Waals surface area (Å²) in [7, 11) is 0. The van der Waals surface area contributed by atoms with Crippen LogP contribution >= 0.6 is 15.9 Å². The molecule has 0 unspecified atom stereocenters. The monoisotopic (exact) mass is 562 g/mol. The van der Waals surface area contributed by atoms with Gasteiger partial charge in [0.2, 0.25) is 23.6 Å². The molecule has 7 nitrogen and oxygen atoms in total. The van der Waals surface area contributed by atoms with Crippen molar-refractivity contribution in [1.82, 2.24) is 4.90 Å². The van der Waals surface area contributed by atoms with Gasteiger partial charge in [-0.2, -0.15) is 0 Å². The predicted octanol–water partition coefficient (Wildman–Crippen LogP) is 4.41. The highest BCUT2D eigenvalue weighted by atomic mass is 79.9. The number of fused-ring (bicyclic) bond motifs is 4. The van der Waals surface area contributed by atoms with Gasteiger partial charge in [-0.05, 0) is 62.9 Å². The van der Waals surface area contributed by atoms with Crippen molar-refractivity contribution < 1.29 is 24.3 Å². The molecule has 3 fully saturated rings. The molecule has 6 rings (SSSR count). The Bertz CT molecular complexity index is 1390. The Hall–Kier alpha value is -3.26. The third kappa shape index (κ3) is 3.17. The second kappa shape index (κ2) is 8.38. The summed E-state index contributed by atoms with van der Waals surface area (Å²) in [6.07, 6.45) is 2.69. The zero-order valence-electron chi connectivity index (χ0n) is 20.6. The van der Waals surface area contributed by atoms with Crippen LogP contribution in [0.2, 0.25) is 0 Å². The van der Waals surface area contributed by atoms with E-state index in [0.29, 0.717) is 30.6 Å². The Morgan fingerprint density at radius 3 is 2.43 bits per heavy atom. The molecule has 2 heterocycles. The van der Waals surface area contributed by atoms with Gasteiger partial charge in [-0.15, -0.1) is 0 Å². The lowest BCUT2D eigenvalue weighted by Gasteiger charge is -2.49. The van der Waals surface area contributed by atoms with Gasteiger partial charge < -0.3 is 5.11 Å². The number of carbonyl (C=O) groups is 4. The van der Waals surface area contributed by atoms with Crippen molar-refractivity contribution in [3.8, 4) is 5.75 Å². The molecule has 190 valence electrons. The summed E-state index contributed by atoms with van der Waals surface area (Å²) >= 11 is 3.50. The van der Waals surface area contributed by atoms with Crippen LogP contribution in [0.25, 0.3) is 0 Å². The number of hydrogen-bond donors (Lipinski definition) is 1. The van der Waals surface area contributed by atoms with Crippen molar-refractivity contribution in [2.24, 2.45) is 29.1 Å². The van der Waals surface area contributed by atoms with Crippen LogP contribution in [0.1, 0.15) is 38.2 Å². The van der Waals surface area contributed by atoms with E-state index in [1.165, 1.54) is 9.80 Å². The average molecular weight is 563 g/mol. The molecule has 2 saturated heterocycles. The van der Waals surface area contributed by atoms with Crippen molar-refractivity contribution in [3.63, 3.8) is 0 Å². The Labute approximate surface area is 223 Å². The van der Waals surface area contributed by atoms with Crippen LogP contribution < -0.4 is 4.90 Å². The zero-order chi connectivity index (χ0) is 26.2. The molecular formula is C29H27BrN2O5. The molecule has 6 atom stereocenters. The fraction of sp³-hybridized carbons (Fsp3) is 0.379. The number of aromatic hydroxyl groups is 1. The maximum atomic E-state index is 14.2. The van der Waals surface area contributed by atoms with E-state index in [4.69, 9.17) is 0 Å². The highest BCUT2D eigenvalue weighted by Gasteiger charge is 2.67. The Balaban J connectivity index is 1.55. The largest absolute Gasteiger partial charge is 0.508 e. The van der Waals surface area contributed by atoms with Crippen LogP contribution in [0.3, 0.4) is 0 Å². The van der Waals surface area contributed by atoms with Gasteiger partial charge >= 0.3 is 0 Å². The number of rotatable bonds is 3. The van der Waals surface area contributed by atoms with Gasteiger partial charge in [0, 0.05) is 22.5 Å². The quantitative estimate of drug-likeness (QED) is 0.441. The molecule has 4 amide bonds. The minimum Gasteiger partial charge on any atom is -0.508 e. The summed E-state index contributed by atoms with van der Waals surface area (Å²) in [5.41, 5.74) is 0.737. The summed E-state index contributed by atoms with van der Waals surface area (Å²) < 4.78 is 0.734. The molecule has 2 aliphatic heterocycles. The number of hydrogen-bond acceptors (Lipinski definition) is 5. The van der Waals surface area contributed by atoms with E-state index in [2.05, 4.69) is 15.9 Å². The first kappa shape index (κ1) is 24.1. The normalized spacial score (nSPS) is 32.8. The van der Waals surface area contributed by atoms with Crippen molar-refractivity contribution in [2.75, 3.05) is 11.4 Å². The van der Waals surface area contributed by atoms with Gasteiger partial charge in [0.05, 0.1) is 28.9 Å². The minimum atomic E-state index is -1.17. The molecule has 37 heavy (non-hydrogen) atoms. The summed E-state index contributed by atoms with van der Waals surface area (Å²) in [6, 6.07) is 14.0. The number of halogens is 1. The molecule has 8 heteroatoms. The van der Waals surface area contributed by atoms with Gasteiger partial charge in [-0.1, -0.05) is 45.8 Å². The van der Waals surface area contributed by atoms with Crippen LogP contribution in [0.15, 0.2) is 64.7 Å². The minimum absolute atomic E-state index is 0.0271. The summed E-state index contributed by atoms with van der Waals surface area (Å²) in [6.45, 7) is 3.91. The van der Waals surface area contributed by atoms with E-state index in [1.54, 1.807) is 49.4 Å². The lowest BCUT2D eigenvalue weighted by molar-refractivity contribution is -0.140. The van der Waals surface area contributed by atoms with Crippen molar-refractivity contribution >= 4 is 45.2 Å². The van der Waals surface area contributed by atoms with E-state index in [-0.39, 0.29) is 35.3 Å². The lowest BCUT2D eigenvalue weighted by atomic mass is 9.51. The van der Waals surface area contributed by atoms with Crippen molar-refractivity contribution in [3.05, 3.63) is 70.2 Å². The van der Waals surface area contributed by atoms with Gasteiger partial charge in [0.25, 0.3) is 0 Å². The first-order chi connectivity index (χ1) is 17.7. The molecule has 0 bridgehead atoms. The average Bonchev–Trinajstić information content (AvgIpc) is 3.25. The van der Waals surface area contributed by atoms with Crippen LogP contribution in [0.5, 0.6) is 5.75 Å². The second-order valence-electron chi connectivity index (χ2n) is 10.6. The number of imide groups is 2. The Kier molecular flexibility index (Phi) is 5.46. The lowest BCUT2D eigenvalue weighted by Crippen LogP contribution is -2.48. The highest BCUT2D eigenvalue weighted by molar-refractivity contribution is 9.10. The summed E-state index contributed by atoms with van der Waals surface area (Å²) in [4.78, 5) is 57.3. The number of carbonyl (C=O) groups excluding carboxylic acids is 4. The predicted molar refractivity (Wildman–Crippen MR) is 139 cm³/mol. The zero-order valence-corrected chi connectivity index (χ0v) is 22.1. The van der Waals surface area contributed by atoms with E-state index < -0.39 is 29.1 Å². The van der Waals surface area contributed by atoms with Crippen molar-refractivity contribution in [2.45, 2.75) is 32.6 Å². The number of phenols is 1. The number of para-hydroxylation sites is 1. The van der Waals surface area contributed by atoms with Gasteiger partial charge in [0.1, 0.15) is 5.75 Å². The van der Waals surface area contributed by atoms with E-state index in [0.717, 1.165) is 10.0 Å². The molecule has 4 aliphatic rings. The number of anilines is 1. The SMILES string of the molecule is CCN1C(=O)[C@H]2[C@H](CC=C3[C@H]2C[C@H]2C(=O)N(c4ccccc4)C(=O)[C@@]2(C)[C@H]3c2cc(Br)ccc2O)C1=O. The summed E-state index contributed by atoms with van der Waals surface area (Å²) in [5, 5.41) is 11.0. The first-order valence-corrected chi connectivity index (χ1v) is 13.5. The van der Waals surface area contributed by atoms with Crippen LogP contribution in [-0.2, 0) is 19.2 Å². The molecule has 1 saturated carbocycles. The van der Waals surface area contributed by atoms with Gasteiger partial charge in [-0.25, -0.2) is 4.90 Å². The van der Waals surface area contributed by atoms with Crippen molar-refractivity contribution in [1.29, 1.82) is 0 Å². The molecule has 0 radical (unpaired) electrons. The Morgan fingerprint density at radius 1 is 1.00 bits per heavy atom. The number of nitrogens with zero attached hydrogens (tertiary/aromatic N) is 2. The maximum Gasteiger partial charge on any atom is 0.241 e. The number of benzene rings is 2. The van der Waals surface area contributed by atoms with Gasteiger partial charge in [-0.3, -0.25) is 24.1 Å². The van der Waals surface area contributed by atoms with Gasteiger partial charge in [0.15, 0.2) is 0 Å². The second-order valence-corrected chi connectivity index (χ2v) is 11.5. The summed E-state index contributed by atoms with van der Waals surface area (Å²) in [5.74, 6) is -3.69. The van der Waals surface area contributed by atoms with E-state index in [9.17, 15) is 24.3 Å². The third-order valence-corrected chi connectivity index (χ3v) is 9.49. The fourth-order valence-corrected chi connectivity index (χ4v) is 7.69. The van der Waals surface area contributed by atoms with E-state index >= 15 is 0 Å². The first-order valence-electron chi connectivity index (χ1n) is 12.7. The number of amides is 4. The Morgan fingerprint density at radius 2 is 1.73 bits per heavy atom. The molecule has 0 spiro atoms. The molecule has 2 aliphatic carbocycles. The number of likely N-dealkylation sites (tertiary alicyclic amines) is 1. The number of allylic oxidation sites excluding steroid dienone is 2. The van der Waals surface area contributed by atoms with E-state index in [1.807, 2.05) is 19.1 Å². The maximum absolute atomic E-state index is 14.2. The van der Waals surface area contributed by atoms with Crippen LogP contribution in [0, 0.1) is 29.1 Å². The highest BCUT2D eigenvalue weighted by Crippen LogP contribution is 2.64. The molecule has 2 aromatic carbocycles. The number of phenolic OH excluding ortho intramolecular Hbond substituents is 1. The fourth-order valence-electron chi connectivity index (χ4n) is 7.32. The topological polar surface area (TPSA) is 95.0 Å². The van der Waals surface area contributed by atoms with Crippen LogP contribution in [-0.4, -0.2) is 40.2 Å². The molecule has 0 aromatic heterocycles. The smallest absolute Gasteiger partial charge is 0.241 e. The van der Waals surface area contributed by atoms with Crippen LogP contribution in [0.4, 0.5) is 5.69 Å². The third-order valence-electron chi connectivity index (χ3n) is 9.00. The molecular weight excluding hydrogens is 536 g/mol. The standard InChI is InChI=1S/C29H27BrN2O5/c1-3-31-25(34)18-11-10-17-19(23(18)27(31)36)14-21-26(35)32(16-7-5-4-6-8-16)28(37)29(21,2)24(17)20-13-15(30)9-12-22(20)33/h4-10,12-13,18-19,21,23-24,33H,3,11,14H2,1-2H3/t18-,19+,21-,23-,24+,29+/m0/s1. The molecule has 1 N–H and O–H groups in total. The molecule has 2 aromatic rings.